The fraction of sp³-hybridized carbons (Fsp3) is 0.714. The predicted molar refractivity (Wildman–Crippen MR) is 76.0 cm³/mol. The molecule has 8 nitrogen and oxygen atoms in total. The molecular formula is C14H24O8. The van der Waals surface area contributed by atoms with Crippen LogP contribution in [0.4, 0.5) is 9.59 Å². The van der Waals surface area contributed by atoms with Crippen LogP contribution in [-0.2, 0) is 28.5 Å². The molecule has 0 amide bonds. The predicted octanol–water partition coefficient (Wildman–Crippen LogP) is 2.97. The first-order chi connectivity index (χ1) is 9.62. The lowest BCUT2D eigenvalue weighted by Gasteiger charge is -2.20. The molecule has 0 rings (SSSR count). The van der Waals surface area contributed by atoms with Crippen LogP contribution in [0.5, 0.6) is 0 Å². The highest BCUT2D eigenvalue weighted by Crippen LogP contribution is 2.11. The smallest absolute Gasteiger partial charge is 0.428 e. The Morgan fingerprint density at radius 1 is 0.591 bits per heavy atom. The maximum atomic E-state index is 11.0. The van der Waals surface area contributed by atoms with Crippen molar-refractivity contribution < 1.29 is 38.1 Å². The van der Waals surface area contributed by atoms with Crippen LogP contribution in [0, 0.1) is 0 Å². The summed E-state index contributed by atoms with van der Waals surface area (Å²) in [5, 5.41) is 0. The van der Waals surface area contributed by atoms with Gasteiger partial charge in [0.15, 0.2) is 0 Å². The molecule has 0 aromatic rings. The maximum Gasteiger partial charge on any atom is 0.519 e. The minimum absolute atomic E-state index is 0.562. The molecule has 0 radical (unpaired) electrons. The van der Waals surface area contributed by atoms with Gasteiger partial charge in [0, 0.05) is 13.8 Å². The van der Waals surface area contributed by atoms with Crippen LogP contribution in [0.1, 0.15) is 55.4 Å². The van der Waals surface area contributed by atoms with Crippen molar-refractivity contribution in [2.24, 2.45) is 0 Å². The van der Waals surface area contributed by atoms with Crippen molar-refractivity contribution in [2.45, 2.75) is 66.6 Å². The van der Waals surface area contributed by atoms with E-state index in [1.807, 2.05) is 0 Å². The lowest BCUT2D eigenvalue weighted by Crippen LogP contribution is -2.29. The Morgan fingerprint density at radius 2 is 0.864 bits per heavy atom. The molecule has 0 fully saturated rings. The number of rotatable bonds is 0. The van der Waals surface area contributed by atoms with Crippen molar-refractivity contribution >= 4 is 24.2 Å². The molecule has 0 aliphatic rings. The Bertz CT molecular complexity index is 374. The summed E-state index contributed by atoms with van der Waals surface area (Å²) in [5.74, 6) is -1.12. The summed E-state index contributed by atoms with van der Waals surface area (Å²) in [6.07, 6.45) is -2.12. The third-order valence-corrected chi connectivity index (χ3v) is 1.23. The lowest BCUT2D eigenvalue weighted by molar-refractivity contribution is -0.156. The Hall–Kier alpha value is -2.12. The Labute approximate surface area is 130 Å². The monoisotopic (exact) mass is 320 g/mol. The van der Waals surface area contributed by atoms with Crippen LogP contribution in [0.3, 0.4) is 0 Å². The molecular weight excluding hydrogens is 296 g/mol. The van der Waals surface area contributed by atoms with Gasteiger partial charge in [-0.3, -0.25) is 9.59 Å². The van der Waals surface area contributed by atoms with Gasteiger partial charge in [-0.1, -0.05) is 0 Å². The van der Waals surface area contributed by atoms with Crippen molar-refractivity contribution in [3.05, 3.63) is 0 Å². The molecule has 0 unspecified atom stereocenters. The largest absolute Gasteiger partial charge is 0.519 e. The topological polar surface area (TPSA) is 105 Å². The summed E-state index contributed by atoms with van der Waals surface area (Å²) in [7, 11) is 0. The first-order valence-electron chi connectivity index (χ1n) is 6.45. The van der Waals surface area contributed by atoms with Gasteiger partial charge in [-0.25, -0.2) is 9.59 Å². The molecule has 22 heavy (non-hydrogen) atoms. The summed E-state index contributed by atoms with van der Waals surface area (Å²) in [4.78, 5) is 41.6. The zero-order valence-electron chi connectivity index (χ0n) is 14.3. The zero-order chi connectivity index (χ0) is 18.1. The van der Waals surface area contributed by atoms with Crippen LogP contribution in [-0.4, -0.2) is 35.5 Å². The van der Waals surface area contributed by atoms with Crippen LogP contribution < -0.4 is 0 Å². The first kappa shape index (κ1) is 22.2. The number of carbonyl (C=O) groups is 4. The molecule has 0 atom stereocenters. The molecule has 8 heteroatoms. The normalized spacial score (nSPS) is 10.5. The standard InChI is InChI=1S/C10H18O5.C4H6O3/c1-9(2,3)14-7(11)13-8(12)15-10(4,5)6;1-3(5)7-4(2)6/h1-6H3;1-2H3. The molecule has 0 aromatic carbocycles. The van der Waals surface area contributed by atoms with E-state index in [-0.39, 0.29) is 0 Å². The van der Waals surface area contributed by atoms with Gasteiger partial charge in [-0.05, 0) is 41.5 Å². The average Bonchev–Trinajstić information content (AvgIpc) is 2.07. The molecule has 0 spiro atoms. The van der Waals surface area contributed by atoms with Crippen molar-refractivity contribution in [1.29, 1.82) is 0 Å². The minimum Gasteiger partial charge on any atom is -0.428 e. The van der Waals surface area contributed by atoms with Crippen molar-refractivity contribution in [1.82, 2.24) is 0 Å². The minimum atomic E-state index is -1.06. The van der Waals surface area contributed by atoms with Crippen molar-refractivity contribution in [2.75, 3.05) is 0 Å². The van der Waals surface area contributed by atoms with E-state index in [1.165, 1.54) is 13.8 Å². The van der Waals surface area contributed by atoms with Gasteiger partial charge in [0.2, 0.25) is 0 Å². The quantitative estimate of drug-likeness (QED) is 0.381. The Kier molecular flexibility index (Phi) is 9.08. The molecule has 0 bridgehead atoms. The highest BCUT2D eigenvalue weighted by molar-refractivity contribution is 5.82. The van der Waals surface area contributed by atoms with E-state index in [0.717, 1.165) is 0 Å². The number of hydrogen-bond acceptors (Lipinski definition) is 8. The third-order valence-electron chi connectivity index (χ3n) is 1.23. The molecule has 0 heterocycles. The van der Waals surface area contributed by atoms with Gasteiger partial charge < -0.3 is 18.9 Å². The number of carbonyl (C=O) groups excluding carboxylic acids is 4. The summed E-state index contributed by atoms with van der Waals surface area (Å²) < 4.78 is 17.8. The Morgan fingerprint density at radius 3 is 1.00 bits per heavy atom. The highest BCUT2D eigenvalue weighted by atomic mass is 16.8. The summed E-state index contributed by atoms with van der Waals surface area (Å²) in [6.45, 7) is 12.4. The second-order valence-electron chi connectivity index (χ2n) is 6.12. The van der Waals surface area contributed by atoms with Gasteiger partial charge in [-0.15, -0.1) is 0 Å². The highest BCUT2D eigenvalue weighted by Gasteiger charge is 2.24. The van der Waals surface area contributed by atoms with Gasteiger partial charge in [-0.2, -0.15) is 0 Å². The maximum absolute atomic E-state index is 11.0. The van der Waals surface area contributed by atoms with Gasteiger partial charge in [0.05, 0.1) is 0 Å². The summed E-state index contributed by atoms with van der Waals surface area (Å²) >= 11 is 0. The SMILES string of the molecule is CC(=O)OC(C)=O.CC(C)(C)OC(=O)OC(=O)OC(C)(C)C. The third kappa shape index (κ3) is 20.2. The second kappa shape index (κ2) is 9.01. The van der Waals surface area contributed by atoms with E-state index in [1.54, 1.807) is 41.5 Å². The number of hydrogen-bond donors (Lipinski definition) is 0. The van der Waals surface area contributed by atoms with E-state index >= 15 is 0 Å². The Balaban J connectivity index is 0. The summed E-state index contributed by atoms with van der Waals surface area (Å²) in [6, 6.07) is 0. The van der Waals surface area contributed by atoms with E-state index in [9.17, 15) is 19.2 Å². The first-order valence-corrected chi connectivity index (χ1v) is 6.45. The van der Waals surface area contributed by atoms with E-state index in [4.69, 9.17) is 9.47 Å². The van der Waals surface area contributed by atoms with Gasteiger partial charge in [0.1, 0.15) is 11.2 Å². The zero-order valence-corrected chi connectivity index (χ0v) is 14.3. The second-order valence-corrected chi connectivity index (χ2v) is 6.12. The van der Waals surface area contributed by atoms with Gasteiger partial charge in [0.25, 0.3) is 0 Å². The number of esters is 2. The van der Waals surface area contributed by atoms with Crippen molar-refractivity contribution in [3.63, 3.8) is 0 Å². The van der Waals surface area contributed by atoms with Gasteiger partial charge >= 0.3 is 24.2 Å². The molecule has 0 aliphatic heterocycles. The van der Waals surface area contributed by atoms with Crippen molar-refractivity contribution in [3.8, 4) is 0 Å². The van der Waals surface area contributed by atoms with E-state index < -0.39 is 35.5 Å². The van der Waals surface area contributed by atoms with Crippen LogP contribution in [0.15, 0.2) is 0 Å². The lowest BCUT2D eigenvalue weighted by atomic mass is 10.2. The molecule has 0 aromatic heterocycles. The van der Waals surface area contributed by atoms with Crippen LogP contribution >= 0.6 is 0 Å². The molecule has 128 valence electrons. The fourth-order valence-corrected chi connectivity index (χ4v) is 0.812. The molecule has 0 N–H and O–H groups in total. The fourth-order valence-electron chi connectivity index (χ4n) is 0.812. The van der Waals surface area contributed by atoms with E-state index in [2.05, 4.69) is 9.47 Å². The summed E-state index contributed by atoms with van der Waals surface area (Å²) in [5.41, 5.74) is -1.39. The van der Waals surface area contributed by atoms with Crippen LogP contribution in [0.2, 0.25) is 0 Å². The number of ether oxygens (including phenoxy) is 4. The molecule has 0 aliphatic carbocycles. The average molecular weight is 320 g/mol. The molecule has 0 saturated heterocycles. The molecule has 0 saturated carbocycles. The van der Waals surface area contributed by atoms with Crippen LogP contribution in [0.25, 0.3) is 0 Å². The van der Waals surface area contributed by atoms with E-state index in [0.29, 0.717) is 0 Å².